The van der Waals surface area contributed by atoms with E-state index in [9.17, 15) is 8.78 Å². The molecule has 3 N–H and O–H groups in total. The predicted molar refractivity (Wildman–Crippen MR) is 76.2 cm³/mol. The Morgan fingerprint density at radius 3 is 2.80 bits per heavy atom. The van der Waals surface area contributed by atoms with Gasteiger partial charge in [0.05, 0.1) is 5.39 Å². The Morgan fingerprint density at radius 1 is 1.20 bits per heavy atom. The number of thiophene rings is 1. The van der Waals surface area contributed by atoms with Gasteiger partial charge in [0, 0.05) is 0 Å². The summed E-state index contributed by atoms with van der Waals surface area (Å²) in [4.78, 5) is 8.73. The van der Waals surface area contributed by atoms with E-state index < -0.39 is 11.6 Å². The molecule has 0 bridgehead atoms. The largest absolute Gasteiger partial charge is 0.368 e. The molecule has 0 spiro atoms. The van der Waals surface area contributed by atoms with Gasteiger partial charge in [-0.15, -0.1) is 11.3 Å². The number of halogens is 2. The quantitative estimate of drug-likeness (QED) is 0.757. The normalized spacial score (nSPS) is 10.9. The topological polar surface area (TPSA) is 63.8 Å². The highest BCUT2D eigenvalue weighted by Gasteiger charge is 2.15. The second kappa shape index (κ2) is 4.68. The average Bonchev–Trinajstić information content (AvgIpc) is 2.87. The zero-order chi connectivity index (χ0) is 14.3. The second-order valence-electron chi connectivity index (χ2n) is 4.25. The molecular weight excluding hydrogens is 282 g/mol. The molecule has 4 nitrogen and oxygen atoms in total. The summed E-state index contributed by atoms with van der Waals surface area (Å²) < 4.78 is 27.8. The molecule has 0 atom stereocenters. The van der Waals surface area contributed by atoms with Crippen molar-refractivity contribution < 1.29 is 8.78 Å². The Hall–Kier alpha value is -2.28. The van der Waals surface area contributed by atoms with Gasteiger partial charge in [-0.25, -0.2) is 13.8 Å². The van der Waals surface area contributed by atoms with Crippen LogP contribution in [0.3, 0.4) is 0 Å². The van der Waals surface area contributed by atoms with Crippen LogP contribution in [0.4, 0.5) is 26.2 Å². The van der Waals surface area contributed by atoms with E-state index in [2.05, 4.69) is 15.3 Å². The zero-order valence-electron chi connectivity index (χ0n) is 10.4. The molecule has 0 aliphatic rings. The molecule has 0 amide bonds. The fraction of sp³-hybridized carbons (Fsp3) is 0.0769. The van der Waals surface area contributed by atoms with Crippen molar-refractivity contribution >= 4 is 39.0 Å². The van der Waals surface area contributed by atoms with Crippen molar-refractivity contribution in [3.63, 3.8) is 0 Å². The number of anilines is 3. The molecule has 0 unspecified atom stereocenters. The van der Waals surface area contributed by atoms with Crippen LogP contribution in [-0.4, -0.2) is 9.97 Å². The molecule has 0 aliphatic heterocycles. The van der Waals surface area contributed by atoms with E-state index in [0.717, 1.165) is 0 Å². The Morgan fingerprint density at radius 2 is 2.00 bits per heavy atom. The van der Waals surface area contributed by atoms with Crippen LogP contribution in [0.5, 0.6) is 0 Å². The van der Waals surface area contributed by atoms with Crippen molar-refractivity contribution in [2.45, 2.75) is 6.92 Å². The minimum atomic E-state index is -0.686. The summed E-state index contributed by atoms with van der Waals surface area (Å²) in [5.41, 5.74) is 5.71. The smallest absolute Gasteiger partial charge is 0.223 e. The number of nitrogens with one attached hydrogen (secondary N) is 1. The van der Waals surface area contributed by atoms with E-state index in [0.29, 0.717) is 15.8 Å². The Balaban J connectivity index is 2.14. The lowest BCUT2D eigenvalue weighted by molar-refractivity contribution is 0.585. The van der Waals surface area contributed by atoms with Gasteiger partial charge in [0.2, 0.25) is 5.95 Å². The molecule has 2 aromatic heterocycles. The first-order valence-electron chi connectivity index (χ1n) is 5.78. The van der Waals surface area contributed by atoms with Gasteiger partial charge in [0.25, 0.3) is 0 Å². The number of hydrogen-bond donors (Lipinski definition) is 2. The minimum Gasteiger partial charge on any atom is -0.368 e. The molecule has 0 saturated carbocycles. The minimum absolute atomic E-state index is 0.0518. The maximum atomic E-state index is 14.0. The summed E-state index contributed by atoms with van der Waals surface area (Å²) in [6, 6.07) is 4.36. The lowest BCUT2D eigenvalue weighted by Gasteiger charge is -2.10. The van der Waals surface area contributed by atoms with E-state index in [1.807, 2.05) is 5.38 Å². The van der Waals surface area contributed by atoms with Crippen LogP contribution in [0, 0.1) is 18.6 Å². The highest BCUT2D eigenvalue weighted by molar-refractivity contribution is 7.16. The Bertz CT molecular complexity index is 800. The molecule has 102 valence electrons. The molecule has 1 aromatic carbocycles. The standard InChI is InChI=1S/C13H10F2N4S/c1-6-2-3-8(14)10(9(6)15)17-11-7-4-5-20-12(7)19-13(16)18-11/h2-5H,1H3,(H3,16,17,18,19). The van der Waals surface area contributed by atoms with Gasteiger partial charge in [0.15, 0.2) is 5.82 Å². The lowest BCUT2D eigenvalue weighted by atomic mass is 10.2. The SMILES string of the molecule is Cc1ccc(F)c(Nc2nc(N)nc3sccc23)c1F. The lowest BCUT2D eigenvalue weighted by Crippen LogP contribution is -2.04. The molecular formula is C13H10F2N4S. The average molecular weight is 292 g/mol. The molecule has 0 radical (unpaired) electrons. The first kappa shape index (κ1) is 12.7. The van der Waals surface area contributed by atoms with E-state index in [-0.39, 0.29) is 17.5 Å². The van der Waals surface area contributed by atoms with Crippen LogP contribution < -0.4 is 11.1 Å². The highest BCUT2D eigenvalue weighted by Crippen LogP contribution is 2.30. The van der Waals surface area contributed by atoms with Crippen LogP contribution in [0.2, 0.25) is 0 Å². The molecule has 3 aromatic rings. The number of aromatic nitrogens is 2. The van der Waals surface area contributed by atoms with Crippen molar-refractivity contribution in [3.8, 4) is 0 Å². The number of hydrogen-bond acceptors (Lipinski definition) is 5. The molecule has 0 saturated heterocycles. The van der Waals surface area contributed by atoms with Crippen molar-refractivity contribution in [1.29, 1.82) is 0 Å². The number of nitrogen functional groups attached to an aromatic ring is 1. The summed E-state index contributed by atoms with van der Waals surface area (Å²) in [6.07, 6.45) is 0. The first-order valence-corrected chi connectivity index (χ1v) is 6.66. The van der Waals surface area contributed by atoms with Gasteiger partial charge in [-0.05, 0) is 30.0 Å². The molecule has 7 heteroatoms. The summed E-state index contributed by atoms with van der Waals surface area (Å²) >= 11 is 1.38. The van der Waals surface area contributed by atoms with Gasteiger partial charge in [-0.3, -0.25) is 0 Å². The van der Waals surface area contributed by atoms with Crippen LogP contribution in [-0.2, 0) is 0 Å². The molecule has 20 heavy (non-hydrogen) atoms. The molecule has 0 fully saturated rings. The summed E-state index contributed by atoms with van der Waals surface area (Å²) in [5.74, 6) is -0.993. The second-order valence-corrected chi connectivity index (χ2v) is 5.14. The fourth-order valence-corrected chi connectivity index (χ4v) is 2.63. The number of aryl methyl sites for hydroxylation is 1. The van der Waals surface area contributed by atoms with E-state index in [4.69, 9.17) is 5.73 Å². The van der Waals surface area contributed by atoms with Gasteiger partial charge in [-0.2, -0.15) is 4.98 Å². The maximum Gasteiger partial charge on any atom is 0.223 e. The van der Waals surface area contributed by atoms with Gasteiger partial charge in [-0.1, -0.05) is 6.07 Å². The Kier molecular flexibility index (Phi) is 2.98. The van der Waals surface area contributed by atoms with E-state index in [1.165, 1.54) is 23.5 Å². The third-order valence-corrected chi connectivity index (χ3v) is 3.68. The summed E-state index contributed by atoms with van der Waals surface area (Å²) in [5, 5.41) is 5.16. The van der Waals surface area contributed by atoms with E-state index in [1.54, 1.807) is 13.0 Å². The number of benzene rings is 1. The van der Waals surface area contributed by atoms with Crippen molar-refractivity contribution in [1.82, 2.24) is 9.97 Å². The number of fused-ring (bicyclic) bond motifs is 1. The predicted octanol–water partition coefficient (Wildman–Crippen LogP) is 3.60. The van der Waals surface area contributed by atoms with Crippen LogP contribution in [0.15, 0.2) is 23.6 Å². The van der Waals surface area contributed by atoms with Crippen molar-refractivity contribution in [2.75, 3.05) is 11.1 Å². The molecule has 2 heterocycles. The third kappa shape index (κ3) is 2.05. The van der Waals surface area contributed by atoms with E-state index >= 15 is 0 Å². The highest BCUT2D eigenvalue weighted by atomic mass is 32.1. The fourth-order valence-electron chi connectivity index (χ4n) is 1.86. The number of rotatable bonds is 2. The van der Waals surface area contributed by atoms with Crippen molar-refractivity contribution in [3.05, 3.63) is 40.8 Å². The first-order chi connectivity index (χ1) is 9.56. The summed E-state index contributed by atoms with van der Waals surface area (Å²) in [7, 11) is 0. The Labute approximate surface area is 117 Å². The van der Waals surface area contributed by atoms with Gasteiger partial charge >= 0.3 is 0 Å². The molecule has 3 rings (SSSR count). The summed E-state index contributed by atoms with van der Waals surface area (Å²) in [6.45, 7) is 1.56. The number of nitrogens with zero attached hydrogens (tertiary/aromatic N) is 2. The van der Waals surface area contributed by atoms with Gasteiger partial charge < -0.3 is 11.1 Å². The maximum absolute atomic E-state index is 14.0. The third-order valence-electron chi connectivity index (χ3n) is 2.87. The molecule has 0 aliphatic carbocycles. The zero-order valence-corrected chi connectivity index (χ0v) is 11.3. The van der Waals surface area contributed by atoms with Crippen LogP contribution in [0.25, 0.3) is 10.2 Å². The number of nitrogens with two attached hydrogens (primary N) is 1. The monoisotopic (exact) mass is 292 g/mol. The van der Waals surface area contributed by atoms with Crippen LogP contribution >= 0.6 is 11.3 Å². The van der Waals surface area contributed by atoms with Crippen molar-refractivity contribution in [2.24, 2.45) is 0 Å². The van der Waals surface area contributed by atoms with Gasteiger partial charge in [0.1, 0.15) is 22.2 Å². The van der Waals surface area contributed by atoms with Crippen LogP contribution in [0.1, 0.15) is 5.56 Å².